The molecule has 2 aromatic rings. The third-order valence-electron chi connectivity index (χ3n) is 6.82. The Bertz CT molecular complexity index is 883. The summed E-state index contributed by atoms with van der Waals surface area (Å²) in [7, 11) is 1.89. The fourth-order valence-electron chi connectivity index (χ4n) is 4.64. The van der Waals surface area contributed by atoms with Crippen molar-refractivity contribution in [2.45, 2.75) is 53.4 Å². The molecule has 1 aliphatic heterocycles. The summed E-state index contributed by atoms with van der Waals surface area (Å²) in [5.41, 5.74) is 3.35. The normalized spacial score (nSPS) is 21.0. The van der Waals surface area contributed by atoms with E-state index < -0.39 is 0 Å². The van der Waals surface area contributed by atoms with E-state index in [0.29, 0.717) is 11.2 Å². The van der Waals surface area contributed by atoms with Crippen molar-refractivity contribution in [3.8, 4) is 11.4 Å². The maximum absolute atomic E-state index is 12.8. The van der Waals surface area contributed by atoms with Crippen LogP contribution in [0.3, 0.4) is 0 Å². The van der Waals surface area contributed by atoms with Gasteiger partial charge in [0.1, 0.15) is 5.69 Å². The first-order chi connectivity index (χ1) is 14.2. The summed E-state index contributed by atoms with van der Waals surface area (Å²) < 4.78 is 1.79. The molecule has 2 fully saturated rings. The van der Waals surface area contributed by atoms with Crippen molar-refractivity contribution in [3.63, 3.8) is 0 Å². The first-order valence-electron chi connectivity index (χ1n) is 11.0. The predicted octanol–water partition coefficient (Wildman–Crippen LogP) is 3.66. The minimum absolute atomic E-state index is 0.0944. The molecule has 1 atom stereocenters. The molecule has 1 unspecified atom stereocenters. The molecule has 0 aromatic carbocycles. The lowest BCUT2D eigenvalue weighted by Crippen LogP contribution is -2.37. The highest BCUT2D eigenvalue weighted by atomic mass is 16.2. The fourth-order valence-corrected chi connectivity index (χ4v) is 4.64. The third kappa shape index (κ3) is 4.41. The number of nitrogens with one attached hydrogen (secondary N) is 1. The summed E-state index contributed by atoms with van der Waals surface area (Å²) in [6.07, 6.45) is 6.29. The lowest BCUT2D eigenvalue weighted by atomic mass is 9.88. The van der Waals surface area contributed by atoms with Crippen LogP contribution in [0.5, 0.6) is 0 Å². The summed E-state index contributed by atoms with van der Waals surface area (Å²) in [4.78, 5) is 15.4. The number of hydrogen-bond acceptors (Lipinski definition) is 5. The molecule has 7 nitrogen and oxygen atoms in total. The molecule has 1 spiro atoms. The minimum Gasteiger partial charge on any atom is -0.309 e. The highest BCUT2D eigenvalue weighted by Crippen LogP contribution is 2.59. The summed E-state index contributed by atoms with van der Waals surface area (Å²) in [6, 6.07) is 3.72. The van der Waals surface area contributed by atoms with Gasteiger partial charge in [0.2, 0.25) is 5.91 Å². The van der Waals surface area contributed by atoms with Crippen LogP contribution in [0.1, 0.15) is 52.0 Å². The number of likely N-dealkylation sites (tertiary alicyclic amines) is 1. The zero-order valence-electron chi connectivity index (χ0n) is 18.9. The second-order valence-electron chi connectivity index (χ2n) is 10.4. The highest BCUT2D eigenvalue weighted by molar-refractivity contribution is 5.94. The van der Waals surface area contributed by atoms with E-state index >= 15 is 0 Å². The molecule has 1 amide bonds. The van der Waals surface area contributed by atoms with Gasteiger partial charge in [-0.25, -0.2) is 0 Å². The summed E-state index contributed by atoms with van der Waals surface area (Å²) >= 11 is 0. The van der Waals surface area contributed by atoms with Crippen LogP contribution in [0.15, 0.2) is 18.3 Å². The molecular weight excluding hydrogens is 376 g/mol. The zero-order valence-corrected chi connectivity index (χ0v) is 18.9. The van der Waals surface area contributed by atoms with Crippen LogP contribution in [0.4, 0.5) is 5.82 Å². The van der Waals surface area contributed by atoms with Crippen LogP contribution < -0.4 is 5.32 Å². The molecule has 2 aliphatic rings. The van der Waals surface area contributed by atoms with Gasteiger partial charge in [-0.3, -0.25) is 9.48 Å². The first-order valence-corrected chi connectivity index (χ1v) is 11.0. The molecule has 0 bridgehead atoms. The Hall–Kier alpha value is -2.28. The molecule has 1 saturated heterocycles. The maximum Gasteiger partial charge on any atom is 0.229 e. The molecule has 2 aromatic heterocycles. The van der Waals surface area contributed by atoms with Crippen LogP contribution >= 0.6 is 0 Å². The van der Waals surface area contributed by atoms with Crippen LogP contribution in [0.25, 0.3) is 11.4 Å². The number of nitrogens with zero attached hydrogens (tertiary/aromatic N) is 5. The quantitative estimate of drug-likeness (QED) is 0.814. The van der Waals surface area contributed by atoms with E-state index in [1.807, 2.05) is 32.3 Å². The van der Waals surface area contributed by atoms with Crippen molar-refractivity contribution >= 4 is 11.7 Å². The minimum atomic E-state index is 0.0944. The van der Waals surface area contributed by atoms with Gasteiger partial charge in [-0.15, -0.1) is 10.2 Å². The van der Waals surface area contributed by atoms with Gasteiger partial charge >= 0.3 is 0 Å². The molecule has 7 heteroatoms. The average molecular weight is 411 g/mol. The fraction of sp³-hybridized carbons (Fsp3) is 0.652. The second-order valence-corrected chi connectivity index (χ2v) is 10.4. The number of amides is 1. The van der Waals surface area contributed by atoms with Crippen LogP contribution in [0, 0.1) is 23.7 Å². The number of aryl methyl sites for hydroxylation is 2. The smallest absolute Gasteiger partial charge is 0.229 e. The van der Waals surface area contributed by atoms with Gasteiger partial charge in [0.25, 0.3) is 0 Å². The van der Waals surface area contributed by atoms with Crippen LogP contribution in [-0.2, 0) is 11.8 Å². The summed E-state index contributed by atoms with van der Waals surface area (Å²) in [5.74, 6) is 0.730. The number of aromatic nitrogens is 4. The monoisotopic (exact) mass is 410 g/mol. The molecule has 0 radical (unpaired) electrons. The lowest BCUT2D eigenvalue weighted by molar-refractivity contribution is -0.118. The average Bonchev–Trinajstić information content (AvgIpc) is 3.30. The Morgan fingerprint density at radius 2 is 1.97 bits per heavy atom. The van der Waals surface area contributed by atoms with Gasteiger partial charge in [-0.05, 0) is 80.8 Å². The molecule has 3 heterocycles. The molecule has 30 heavy (non-hydrogen) atoms. The number of carbonyl (C=O) groups is 1. The van der Waals surface area contributed by atoms with E-state index in [9.17, 15) is 4.79 Å². The molecular formula is C23H34N6O. The van der Waals surface area contributed by atoms with Crippen molar-refractivity contribution in [1.29, 1.82) is 0 Å². The van der Waals surface area contributed by atoms with Gasteiger partial charge in [0.15, 0.2) is 5.82 Å². The first kappa shape index (κ1) is 21.0. The van der Waals surface area contributed by atoms with Crippen LogP contribution in [-0.4, -0.2) is 50.4 Å². The second kappa shape index (κ2) is 7.76. The Labute approximate surface area is 179 Å². The van der Waals surface area contributed by atoms with Crippen molar-refractivity contribution in [3.05, 3.63) is 23.9 Å². The van der Waals surface area contributed by atoms with Crippen molar-refractivity contribution in [2.75, 3.05) is 25.0 Å². The van der Waals surface area contributed by atoms with E-state index in [4.69, 9.17) is 0 Å². The third-order valence-corrected chi connectivity index (χ3v) is 6.82. The van der Waals surface area contributed by atoms with E-state index in [1.54, 1.807) is 4.68 Å². The standard InChI is InChI=1S/C23H34N6O/c1-16-15-24-28(5)20(16)18-6-7-19(27-26-18)25-21(30)17-14-23(17)9-12-29(13-10-23)11-8-22(2,3)4/h6-7,15,17H,8-14H2,1-5H3,(H,25,27,30). The lowest BCUT2D eigenvalue weighted by Gasteiger charge is -2.34. The number of carbonyl (C=O) groups excluding carboxylic acids is 1. The van der Waals surface area contributed by atoms with Gasteiger partial charge in [0.05, 0.1) is 11.9 Å². The molecule has 162 valence electrons. The van der Waals surface area contributed by atoms with Crippen LogP contribution in [0.2, 0.25) is 0 Å². The maximum atomic E-state index is 12.8. The van der Waals surface area contributed by atoms with Gasteiger partial charge in [-0.2, -0.15) is 5.10 Å². The Morgan fingerprint density at radius 3 is 2.53 bits per heavy atom. The van der Waals surface area contributed by atoms with E-state index in [2.05, 4.69) is 46.3 Å². The van der Waals surface area contributed by atoms with Crippen molar-refractivity contribution in [1.82, 2.24) is 24.9 Å². The van der Waals surface area contributed by atoms with E-state index in [-0.39, 0.29) is 17.2 Å². The predicted molar refractivity (Wildman–Crippen MR) is 118 cm³/mol. The SMILES string of the molecule is Cc1cnn(C)c1-c1ccc(NC(=O)C2CC23CCN(CCC(C)(C)C)CC3)nn1. The highest BCUT2D eigenvalue weighted by Gasteiger charge is 2.58. The Morgan fingerprint density at radius 1 is 1.23 bits per heavy atom. The molecule has 1 N–H and O–H groups in total. The topological polar surface area (TPSA) is 75.9 Å². The van der Waals surface area contributed by atoms with Gasteiger partial charge < -0.3 is 10.2 Å². The molecule has 1 aliphatic carbocycles. The number of piperidine rings is 1. The van der Waals surface area contributed by atoms with Crippen molar-refractivity contribution < 1.29 is 4.79 Å². The summed E-state index contributed by atoms with van der Waals surface area (Å²) in [6.45, 7) is 12.3. The van der Waals surface area contributed by atoms with Gasteiger partial charge in [-0.1, -0.05) is 20.8 Å². The molecule has 4 rings (SSSR count). The largest absolute Gasteiger partial charge is 0.309 e. The van der Waals surface area contributed by atoms with E-state index in [0.717, 1.165) is 55.8 Å². The Kier molecular flexibility index (Phi) is 5.43. The number of rotatable bonds is 5. The van der Waals surface area contributed by atoms with E-state index in [1.165, 1.54) is 6.42 Å². The van der Waals surface area contributed by atoms with Crippen molar-refractivity contribution in [2.24, 2.45) is 23.8 Å². The van der Waals surface area contributed by atoms with Gasteiger partial charge in [0, 0.05) is 13.0 Å². The number of hydrogen-bond donors (Lipinski definition) is 1. The molecule has 1 saturated carbocycles. The zero-order chi connectivity index (χ0) is 21.5. The Balaban J connectivity index is 1.30. The number of anilines is 1. The summed E-state index contributed by atoms with van der Waals surface area (Å²) in [5, 5.41) is 15.8.